The van der Waals surface area contributed by atoms with Crippen LogP contribution >= 0.6 is 0 Å². The summed E-state index contributed by atoms with van der Waals surface area (Å²) in [5, 5.41) is 8.76. The van der Waals surface area contributed by atoms with E-state index in [4.69, 9.17) is 9.84 Å². The molecule has 1 aromatic carbocycles. The van der Waals surface area contributed by atoms with Crippen molar-refractivity contribution in [1.82, 2.24) is 0 Å². The Kier molecular flexibility index (Phi) is 5.25. The average molecular weight is 291 g/mol. The molecule has 0 aliphatic heterocycles. The van der Waals surface area contributed by atoms with Crippen LogP contribution in [-0.2, 0) is 14.8 Å². The van der Waals surface area contributed by atoms with E-state index in [0.717, 1.165) is 18.2 Å². The second-order valence-electron chi connectivity index (χ2n) is 3.77. The van der Waals surface area contributed by atoms with Gasteiger partial charge in [-0.1, -0.05) is 0 Å². The molecule has 0 fully saturated rings. The third-order valence-corrected chi connectivity index (χ3v) is 3.60. The topological polar surface area (TPSA) is 92.7 Å². The smallest absolute Gasteiger partial charge is 0.335 e. The van der Waals surface area contributed by atoms with E-state index >= 15 is 0 Å². The number of benzene rings is 1. The molecule has 0 bridgehead atoms. The van der Waals surface area contributed by atoms with Gasteiger partial charge in [-0.2, -0.15) is 0 Å². The minimum Gasteiger partial charge on any atom is -0.478 e. The molecule has 1 rings (SSSR count). The van der Waals surface area contributed by atoms with Gasteiger partial charge < -0.3 is 9.84 Å². The van der Waals surface area contributed by atoms with Crippen molar-refractivity contribution < 1.29 is 27.4 Å². The molecule has 0 unspecified atom stereocenters. The van der Waals surface area contributed by atoms with E-state index in [1.807, 2.05) is 4.72 Å². The van der Waals surface area contributed by atoms with Crippen LogP contribution in [0.4, 0.5) is 10.1 Å². The van der Waals surface area contributed by atoms with Gasteiger partial charge >= 0.3 is 5.97 Å². The summed E-state index contributed by atoms with van der Waals surface area (Å²) in [5.74, 6) is -2.34. The van der Waals surface area contributed by atoms with Gasteiger partial charge in [0.2, 0.25) is 10.0 Å². The highest BCUT2D eigenvalue weighted by atomic mass is 32.2. The normalized spacial score (nSPS) is 11.3. The Labute approximate surface area is 110 Å². The van der Waals surface area contributed by atoms with Crippen LogP contribution < -0.4 is 4.72 Å². The summed E-state index contributed by atoms with van der Waals surface area (Å²) in [7, 11) is -2.29. The van der Waals surface area contributed by atoms with E-state index < -0.39 is 21.8 Å². The minimum atomic E-state index is -3.73. The van der Waals surface area contributed by atoms with Crippen LogP contribution in [0.2, 0.25) is 0 Å². The van der Waals surface area contributed by atoms with Crippen molar-refractivity contribution in [2.75, 3.05) is 24.2 Å². The molecule has 2 N–H and O–H groups in total. The highest BCUT2D eigenvalue weighted by molar-refractivity contribution is 7.92. The third-order valence-electron chi connectivity index (χ3n) is 2.24. The highest BCUT2D eigenvalue weighted by Crippen LogP contribution is 2.18. The zero-order valence-corrected chi connectivity index (χ0v) is 11.0. The van der Waals surface area contributed by atoms with Gasteiger partial charge in [0.25, 0.3) is 0 Å². The number of ether oxygens (including phenoxy) is 1. The summed E-state index contributed by atoms with van der Waals surface area (Å²) in [6.07, 6.45) is 0.256. The molecule has 0 amide bonds. The summed E-state index contributed by atoms with van der Waals surface area (Å²) in [6.45, 7) is 0.262. The summed E-state index contributed by atoms with van der Waals surface area (Å²) in [5.41, 5.74) is -0.576. The van der Waals surface area contributed by atoms with E-state index in [1.54, 1.807) is 0 Å². The zero-order chi connectivity index (χ0) is 14.5. The number of methoxy groups -OCH3 is 1. The largest absolute Gasteiger partial charge is 0.478 e. The Morgan fingerprint density at radius 1 is 1.47 bits per heavy atom. The number of hydrogen-bond acceptors (Lipinski definition) is 4. The maximum absolute atomic E-state index is 13.4. The summed E-state index contributed by atoms with van der Waals surface area (Å²) >= 11 is 0. The number of nitrogens with one attached hydrogen (secondary N) is 1. The Morgan fingerprint density at radius 3 is 2.74 bits per heavy atom. The van der Waals surface area contributed by atoms with Gasteiger partial charge in [-0.3, -0.25) is 4.72 Å². The Bertz CT molecular complexity index is 558. The third kappa shape index (κ3) is 4.84. The molecule has 6 nitrogen and oxygen atoms in total. The lowest BCUT2D eigenvalue weighted by molar-refractivity contribution is 0.0697. The summed E-state index contributed by atoms with van der Waals surface area (Å²) < 4.78 is 43.4. The monoisotopic (exact) mass is 291 g/mol. The van der Waals surface area contributed by atoms with Gasteiger partial charge in [0.05, 0.1) is 17.0 Å². The lowest BCUT2D eigenvalue weighted by Crippen LogP contribution is -2.18. The first-order chi connectivity index (χ1) is 8.85. The standard InChI is InChI=1S/C11H14FNO5S/c1-18-5-2-6-19(16,17)13-10-7-8(11(14)15)3-4-9(10)12/h3-4,7,13H,2,5-6H2,1H3,(H,14,15). The number of carboxylic acid groups (broad SMARTS) is 1. The quantitative estimate of drug-likeness (QED) is 0.739. The van der Waals surface area contributed by atoms with Crippen molar-refractivity contribution in [2.24, 2.45) is 0 Å². The van der Waals surface area contributed by atoms with Gasteiger partial charge in [0.15, 0.2) is 0 Å². The first kappa shape index (κ1) is 15.4. The molecule has 0 aliphatic rings. The van der Waals surface area contributed by atoms with Crippen LogP contribution in [0.1, 0.15) is 16.8 Å². The summed E-state index contributed by atoms with van der Waals surface area (Å²) in [6, 6.07) is 2.89. The highest BCUT2D eigenvalue weighted by Gasteiger charge is 2.15. The fraction of sp³-hybridized carbons (Fsp3) is 0.364. The maximum atomic E-state index is 13.4. The van der Waals surface area contributed by atoms with Crippen molar-refractivity contribution in [3.63, 3.8) is 0 Å². The van der Waals surface area contributed by atoms with Crippen molar-refractivity contribution in [3.8, 4) is 0 Å². The number of anilines is 1. The Morgan fingerprint density at radius 2 is 2.16 bits per heavy atom. The fourth-order valence-corrected chi connectivity index (χ4v) is 2.44. The minimum absolute atomic E-state index is 0.198. The molecule has 0 spiro atoms. The van der Waals surface area contributed by atoms with Gasteiger partial charge in [-0.25, -0.2) is 17.6 Å². The zero-order valence-electron chi connectivity index (χ0n) is 10.2. The van der Waals surface area contributed by atoms with E-state index in [2.05, 4.69) is 0 Å². The number of carboxylic acids is 1. The number of carbonyl (C=O) groups is 1. The van der Waals surface area contributed by atoms with Crippen molar-refractivity contribution in [3.05, 3.63) is 29.6 Å². The van der Waals surface area contributed by atoms with Gasteiger partial charge in [0.1, 0.15) is 5.82 Å². The predicted octanol–water partition coefficient (Wildman–Crippen LogP) is 1.30. The molecule has 106 valence electrons. The molecule has 0 aromatic heterocycles. The lowest BCUT2D eigenvalue weighted by Gasteiger charge is -2.09. The van der Waals surface area contributed by atoms with Crippen LogP contribution in [0.5, 0.6) is 0 Å². The summed E-state index contributed by atoms with van der Waals surface area (Å²) in [4.78, 5) is 10.7. The predicted molar refractivity (Wildman–Crippen MR) is 67.3 cm³/mol. The second-order valence-corrected chi connectivity index (χ2v) is 5.61. The van der Waals surface area contributed by atoms with E-state index in [0.29, 0.717) is 0 Å². The van der Waals surface area contributed by atoms with E-state index in [-0.39, 0.29) is 30.0 Å². The van der Waals surface area contributed by atoms with Crippen molar-refractivity contribution in [2.45, 2.75) is 6.42 Å². The molecule has 19 heavy (non-hydrogen) atoms. The van der Waals surface area contributed by atoms with Crippen molar-refractivity contribution in [1.29, 1.82) is 0 Å². The van der Waals surface area contributed by atoms with Gasteiger partial charge in [0, 0.05) is 13.7 Å². The number of halogens is 1. The van der Waals surface area contributed by atoms with E-state index in [1.165, 1.54) is 7.11 Å². The number of hydrogen-bond donors (Lipinski definition) is 2. The molecule has 0 atom stereocenters. The molecule has 0 saturated heterocycles. The number of aromatic carboxylic acids is 1. The molecule has 0 saturated carbocycles. The maximum Gasteiger partial charge on any atom is 0.335 e. The molecule has 0 aliphatic carbocycles. The molecule has 0 heterocycles. The lowest BCUT2D eigenvalue weighted by atomic mass is 10.2. The molecule has 8 heteroatoms. The van der Waals surface area contributed by atoms with E-state index in [9.17, 15) is 17.6 Å². The van der Waals surface area contributed by atoms with Crippen LogP contribution in [0, 0.1) is 5.82 Å². The SMILES string of the molecule is COCCCS(=O)(=O)Nc1cc(C(=O)O)ccc1F. The average Bonchev–Trinajstić information content (AvgIpc) is 2.31. The van der Waals surface area contributed by atoms with Crippen LogP contribution in [-0.4, -0.2) is 39.0 Å². The van der Waals surface area contributed by atoms with Crippen molar-refractivity contribution >= 4 is 21.7 Å². The van der Waals surface area contributed by atoms with Crippen LogP contribution in [0.25, 0.3) is 0 Å². The first-order valence-corrected chi connectivity index (χ1v) is 7.03. The Balaban J connectivity index is 2.86. The molecular formula is C11H14FNO5S. The molecule has 0 radical (unpaired) electrons. The molecular weight excluding hydrogens is 277 g/mol. The van der Waals surface area contributed by atoms with Crippen LogP contribution in [0.3, 0.4) is 0 Å². The van der Waals surface area contributed by atoms with Crippen LogP contribution in [0.15, 0.2) is 18.2 Å². The first-order valence-electron chi connectivity index (χ1n) is 5.38. The Hall–Kier alpha value is -1.67. The second kappa shape index (κ2) is 6.48. The van der Waals surface area contributed by atoms with Gasteiger partial charge in [-0.05, 0) is 24.6 Å². The molecule has 1 aromatic rings. The number of rotatable bonds is 7. The fourth-order valence-electron chi connectivity index (χ4n) is 1.35. The number of sulfonamides is 1. The van der Waals surface area contributed by atoms with Gasteiger partial charge in [-0.15, -0.1) is 0 Å².